The van der Waals surface area contributed by atoms with E-state index in [4.69, 9.17) is 5.73 Å². The summed E-state index contributed by atoms with van der Waals surface area (Å²) in [6.45, 7) is 7.61. The summed E-state index contributed by atoms with van der Waals surface area (Å²) < 4.78 is 15.1. The molecule has 2 aromatic rings. The van der Waals surface area contributed by atoms with Crippen molar-refractivity contribution in [2.45, 2.75) is 36.4 Å². The van der Waals surface area contributed by atoms with Crippen molar-refractivity contribution < 1.29 is 14.0 Å². The number of thioether (sulfide) groups is 1. The van der Waals surface area contributed by atoms with Crippen molar-refractivity contribution >= 4 is 45.6 Å². The van der Waals surface area contributed by atoms with Crippen LogP contribution < -0.4 is 16.0 Å². The summed E-state index contributed by atoms with van der Waals surface area (Å²) in [5.74, 6) is -0.872. The number of ketones is 1. The Morgan fingerprint density at radius 1 is 1.37 bits per heavy atom. The topological polar surface area (TPSA) is 125 Å². The Labute approximate surface area is 209 Å². The molecule has 0 bridgehead atoms. The number of halogens is 1. The average molecular weight is 509 g/mol. The first-order valence-electron chi connectivity index (χ1n) is 10.8. The Hall–Kier alpha value is -3.49. The van der Waals surface area contributed by atoms with Gasteiger partial charge >= 0.3 is 0 Å². The van der Waals surface area contributed by atoms with Gasteiger partial charge in [-0.2, -0.15) is 5.26 Å². The predicted molar refractivity (Wildman–Crippen MR) is 132 cm³/mol. The molecule has 0 fully saturated rings. The highest BCUT2D eigenvalue weighted by molar-refractivity contribution is 8.01. The molecule has 3 heterocycles. The maximum Gasteiger partial charge on any atom is 0.245 e. The minimum absolute atomic E-state index is 0.0274. The van der Waals surface area contributed by atoms with Gasteiger partial charge in [0.2, 0.25) is 11.0 Å². The highest BCUT2D eigenvalue weighted by Gasteiger charge is 2.61. The zero-order valence-corrected chi connectivity index (χ0v) is 20.6. The summed E-state index contributed by atoms with van der Waals surface area (Å²) in [6.07, 6.45) is 2.30. The van der Waals surface area contributed by atoms with Crippen molar-refractivity contribution in [1.82, 2.24) is 10.2 Å². The number of aromatic nitrogens is 2. The van der Waals surface area contributed by atoms with Crippen LogP contribution in [0.1, 0.15) is 32.3 Å². The minimum Gasteiger partial charge on any atom is -0.384 e. The Bertz CT molecular complexity index is 1420. The number of nitrogens with zero attached hydrogens (tertiary/aromatic N) is 4. The van der Waals surface area contributed by atoms with Gasteiger partial charge in [0.1, 0.15) is 23.1 Å². The van der Waals surface area contributed by atoms with E-state index in [1.165, 1.54) is 41.3 Å². The largest absolute Gasteiger partial charge is 0.384 e. The van der Waals surface area contributed by atoms with Crippen LogP contribution in [0.15, 0.2) is 57.9 Å². The normalized spacial score (nSPS) is 22.7. The van der Waals surface area contributed by atoms with E-state index >= 15 is 0 Å². The number of Topliss-reactive ketones (excluding diaryl/α,β-unsaturated/α-hetero) is 1. The summed E-state index contributed by atoms with van der Waals surface area (Å²) >= 11 is 2.71. The Morgan fingerprint density at radius 2 is 2.14 bits per heavy atom. The summed E-state index contributed by atoms with van der Waals surface area (Å²) in [4.78, 5) is 29.0. The van der Waals surface area contributed by atoms with Gasteiger partial charge in [-0.15, -0.1) is 16.8 Å². The van der Waals surface area contributed by atoms with Crippen LogP contribution in [0.2, 0.25) is 0 Å². The fraction of sp³-hybridized carbons (Fsp3) is 0.292. The van der Waals surface area contributed by atoms with Crippen LogP contribution >= 0.6 is 23.1 Å². The lowest BCUT2D eigenvalue weighted by molar-refractivity contribution is -0.123. The average Bonchev–Trinajstić information content (AvgIpc) is 3.35. The van der Waals surface area contributed by atoms with Gasteiger partial charge in [-0.25, -0.2) is 4.39 Å². The molecule has 35 heavy (non-hydrogen) atoms. The number of nitrogens with two attached hydrogens (primary N) is 1. The quantitative estimate of drug-likeness (QED) is 0.469. The maximum absolute atomic E-state index is 14.4. The second-order valence-corrected chi connectivity index (χ2v) is 11.5. The van der Waals surface area contributed by atoms with Gasteiger partial charge < -0.3 is 11.1 Å². The van der Waals surface area contributed by atoms with Gasteiger partial charge in [0.05, 0.1) is 5.57 Å². The van der Waals surface area contributed by atoms with Crippen molar-refractivity contribution in [3.63, 3.8) is 0 Å². The monoisotopic (exact) mass is 508 g/mol. The van der Waals surface area contributed by atoms with Gasteiger partial charge in [0.15, 0.2) is 10.1 Å². The first-order valence-corrected chi connectivity index (χ1v) is 12.6. The van der Waals surface area contributed by atoms with E-state index in [1.807, 2.05) is 13.8 Å². The summed E-state index contributed by atoms with van der Waals surface area (Å²) in [7, 11) is 0. The number of carbonyl (C=O) groups excluding carboxylic acids is 2. The van der Waals surface area contributed by atoms with Gasteiger partial charge in [0.25, 0.3) is 0 Å². The van der Waals surface area contributed by atoms with Crippen molar-refractivity contribution in [1.29, 1.82) is 5.26 Å². The SMILES string of the molecule is C=CCSc1nnc(N2C(N)=C(C#N)C3(C(=O)Nc4ccc(F)cc43)C3=C2CC(C)(C)CC3=O)s1. The standard InChI is InChI=1S/C24H21FN6O2S2/c1-4-7-34-22-30-29-21(35-22)31-16-9-23(2,3)10-17(32)18(16)24(14(11-26)19(31)27)13-8-12(25)5-6-15(13)28-20(24)33/h4-6,8H,1,7,9-10,27H2,2-3H3,(H,28,33). The van der Waals surface area contributed by atoms with E-state index in [2.05, 4.69) is 28.2 Å². The number of anilines is 2. The lowest BCUT2D eigenvalue weighted by Gasteiger charge is -2.45. The zero-order valence-electron chi connectivity index (χ0n) is 19.0. The third-order valence-electron chi connectivity index (χ3n) is 6.37. The number of hydrogen-bond donors (Lipinski definition) is 2. The van der Waals surface area contributed by atoms with E-state index in [1.54, 1.807) is 11.0 Å². The number of amides is 1. The third kappa shape index (κ3) is 3.31. The first-order chi connectivity index (χ1) is 16.6. The molecule has 0 radical (unpaired) electrons. The minimum atomic E-state index is -1.83. The molecule has 0 saturated heterocycles. The molecule has 3 N–H and O–H groups in total. The van der Waals surface area contributed by atoms with Crippen LogP contribution in [0.3, 0.4) is 0 Å². The molecule has 1 aromatic heterocycles. The van der Waals surface area contributed by atoms with Crippen molar-refractivity contribution in [3.8, 4) is 6.07 Å². The van der Waals surface area contributed by atoms with Crippen molar-refractivity contribution in [3.05, 3.63) is 64.9 Å². The van der Waals surface area contributed by atoms with Crippen LogP contribution in [0.4, 0.5) is 15.2 Å². The molecule has 3 aliphatic rings. The third-order valence-corrected chi connectivity index (χ3v) is 8.41. The Kier molecular flexibility index (Phi) is 5.34. The van der Waals surface area contributed by atoms with E-state index < -0.39 is 22.6 Å². The second kappa shape index (κ2) is 8.03. The molecule has 1 amide bonds. The van der Waals surface area contributed by atoms with Crippen LogP contribution in [0, 0.1) is 22.6 Å². The van der Waals surface area contributed by atoms with Gasteiger partial charge in [-0.3, -0.25) is 14.5 Å². The number of rotatable bonds is 4. The molecule has 5 rings (SSSR count). The molecule has 1 aromatic carbocycles. The molecule has 1 aliphatic carbocycles. The van der Waals surface area contributed by atoms with E-state index in [-0.39, 0.29) is 34.7 Å². The number of hydrogen-bond acceptors (Lipinski definition) is 9. The van der Waals surface area contributed by atoms with Gasteiger partial charge in [0, 0.05) is 34.7 Å². The molecule has 8 nitrogen and oxygen atoms in total. The lowest BCUT2D eigenvalue weighted by atomic mass is 9.61. The zero-order chi connectivity index (χ0) is 25.1. The summed E-state index contributed by atoms with van der Waals surface area (Å²) in [5.41, 5.74) is 5.37. The molecular formula is C24H21FN6O2S2. The maximum atomic E-state index is 14.4. The fourth-order valence-electron chi connectivity index (χ4n) is 5.09. The molecule has 178 valence electrons. The number of carbonyl (C=O) groups is 2. The second-order valence-electron chi connectivity index (χ2n) is 9.31. The van der Waals surface area contributed by atoms with Crippen LogP contribution in [0.25, 0.3) is 0 Å². The van der Waals surface area contributed by atoms with E-state index in [9.17, 15) is 19.2 Å². The Balaban J connectivity index is 1.82. The molecule has 1 atom stereocenters. The number of nitrogens with one attached hydrogen (secondary N) is 1. The van der Waals surface area contributed by atoms with Crippen LogP contribution in [-0.4, -0.2) is 27.6 Å². The summed E-state index contributed by atoms with van der Waals surface area (Å²) in [6, 6.07) is 5.92. The van der Waals surface area contributed by atoms with Gasteiger partial charge in [-0.05, 0) is 30.0 Å². The van der Waals surface area contributed by atoms with E-state index in [0.29, 0.717) is 33.0 Å². The van der Waals surface area contributed by atoms with Crippen molar-refractivity contribution in [2.24, 2.45) is 11.1 Å². The predicted octanol–water partition coefficient (Wildman–Crippen LogP) is 4.00. The number of fused-ring (bicyclic) bond motifs is 3. The summed E-state index contributed by atoms with van der Waals surface area (Å²) in [5, 5.41) is 21.9. The number of benzene rings is 1. The van der Waals surface area contributed by atoms with Crippen LogP contribution in [-0.2, 0) is 15.0 Å². The number of allylic oxidation sites excluding steroid dienone is 1. The fourth-order valence-corrected chi connectivity index (χ4v) is 6.73. The van der Waals surface area contributed by atoms with Crippen molar-refractivity contribution in [2.75, 3.05) is 16.0 Å². The molecule has 0 saturated carbocycles. The Morgan fingerprint density at radius 3 is 2.86 bits per heavy atom. The first kappa shape index (κ1) is 23.3. The molecule has 1 unspecified atom stereocenters. The molecular weight excluding hydrogens is 487 g/mol. The molecule has 11 heteroatoms. The highest BCUT2D eigenvalue weighted by atomic mass is 32.2. The molecule has 1 spiro atoms. The van der Waals surface area contributed by atoms with Crippen LogP contribution in [0.5, 0.6) is 0 Å². The smallest absolute Gasteiger partial charge is 0.245 e. The van der Waals surface area contributed by atoms with Gasteiger partial charge in [-0.1, -0.05) is 43.0 Å². The highest BCUT2D eigenvalue weighted by Crippen LogP contribution is 2.57. The van der Waals surface area contributed by atoms with E-state index in [0.717, 1.165) is 0 Å². The number of nitriles is 1. The molecule has 2 aliphatic heterocycles. The lowest BCUT2D eigenvalue weighted by Crippen LogP contribution is -2.52.